The normalized spacial score (nSPS) is 13.1. The number of carbonyl (C=O) groups excluding carboxylic acids is 1. The van der Waals surface area contributed by atoms with E-state index in [0.29, 0.717) is 0 Å². The van der Waals surface area contributed by atoms with Gasteiger partial charge >= 0.3 is 6.18 Å². The lowest BCUT2D eigenvalue weighted by Crippen LogP contribution is -2.42. The molecule has 1 amide bonds. The van der Waals surface area contributed by atoms with Crippen LogP contribution >= 0.6 is 0 Å². The number of halogens is 3. The van der Waals surface area contributed by atoms with Gasteiger partial charge in [-0.15, -0.1) is 0 Å². The fourth-order valence-corrected chi connectivity index (χ4v) is 2.11. The molecule has 8 heteroatoms. The fourth-order valence-electron chi connectivity index (χ4n) is 2.11. The smallest absolute Gasteiger partial charge is 0.347 e. The van der Waals surface area contributed by atoms with Gasteiger partial charge in [0, 0.05) is 0 Å². The van der Waals surface area contributed by atoms with Crippen molar-refractivity contribution in [3.63, 3.8) is 0 Å². The van der Waals surface area contributed by atoms with Crippen LogP contribution in [0, 0.1) is 5.92 Å². The van der Waals surface area contributed by atoms with Gasteiger partial charge in [-0.3, -0.25) is 4.79 Å². The van der Waals surface area contributed by atoms with Gasteiger partial charge in [0.05, 0.1) is 36.1 Å². The third-order valence-electron chi connectivity index (χ3n) is 3.42. The number of amides is 1. The first kappa shape index (κ1) is 17.0. The monoisotopic (exact) mass is 326 g/mol. The average Bonchev–Trinajstić information content (AvgIpc) is 2.98. The predicted molar refractivity (Wildman–Crippen MR) is 77.6 cm³/mol. The van der Waals surface area contributed by atoms with Crippen molar-refractivity contribution in [1.29, 1.82) is 0 Å². The van der Waals surface area contributed by atoms with E-state index in [4.69, 9.17) is 0 Å². The second-order valence-corrected chi connectivity index (χ2v) is 5.45. The van der Waals surface area contributed by atoms with Crippen molar-refractivity contribution in [1.82, 2.24) is 20.3 Å². The molecule has 1 aromatic heterocycles. The van der Waals surface area contributed by atoms with E-state index in [0.717, 1.165) is 6.07 Å². The number of nitrogens with zero attached hydrogens (tertiary/aromatic N) is 3. The second-order valence-electron chi connectivity index (χ2n) is 5.45. The van der Waals surface area contributed by atoms with Gasteiger partial charge in [-0.05, 0) is 18.1 Å². The lowest BCUT2D eigenvalue weighted by Gasteiger charge is -2.22. The number of hydrogen-bond donors (Lipinski definition) is 1. The van der Waals surface area contributed by atoms with Crippen LogP contribution in [0.25, 0.3) is 0 Å². The van der Waals surface area contributed by atoms with Crippen molar-refractivity contribution in [3.8, 4) is 0 Å². The summed E-state index contributed by atoms with van der Waals surface area (Å²) in [4.78, 5) is 13.7. The van der Waals surface area contributed by atoms with Crippen LogP contribution in [0.1, 0.15) is 29.8 Å². The minimum Gasteiger partial charge on any atom is -0.347 e. The molecule has 0 fully saturated rings. The molecule has 1 unspecified atom stereocenters. The Kier molecular flexibility index (Phi) is 5.02. The zero-order valence-corrected chi connectivity index (χ0v) is 12.7. The van der Waals surface area contributed by atoms with E-state index in [-0.39, 0.29) is 18.0 Å². The third-order valence-corrected chi connectivity index (χ3v) is 3.42. The van der Waals surface area contributed by atoms with Crippen molar-refractivity contribution in [3.05, 3.63) is 47.8 Å². The third kappa shape index (κ3) is 4.30. The molecule has 1 aromatic carbocycles. The molecule has 2 aromatic rings. The molecular weight excluding hydrogens is 309 g/mol. The summed E-state index contributed by atoms with van der Waals surface area (Å²) in [6.45, 7) is 4.01. The Morgan fingerprint density at radius 1 is 1.22 bits per heavy atom. The Labute approximate surface area is 131 Å². The maximum absolute atomic E-state index is 13.0. The van der Waals surface area contributed by atoms with Crippen LogP contribution < -0.4 is 5.32 Å². The molecule has 0 saturated heterocycles. The number of alkyl halides is 3. The molecule has 1 N–H and O–H groups in total. The highest BCUT2D eigenvalue weighted by Crippen LogP contribution is 2.31. The molecule has 0 bridgehead atoms. The summed E-state index contributed by atoms with van der Waals surface area (Å²) in [5.41, 5.74) is -1.34. The van der Waals surface area contributed by atoms with E-state index >= 15 is 0 Å². The van der Waals surface area contributed by atoms with Crippen LogP contribution in [0.2, 0.25) is 0 Å². The van der Waals surface area contributed by atoms with Gasteiger partial charge in [-0.25, -0.2) is 0 Å². The second kappa shape index (κ2) is 6.80. The molecule has 0 saturated carbocycles. The zero-order chi connectivity index (χ0) is 17.0. The maximum Gasteiger partial charge on any atom is 0.417 e. The summed E-state index contributed by atoms with van der Waals surface area (Å²) in [5, 5.41) is 10.5. The Bertz CT molecular complexity index is 653. The van der Waals surface area contributed by atoms with Gasteiger partial charge in [0.25, 0.3) is 5.91 Å². The molecule has 23 heavy (non-hydrogen) atoms. The minimum atomic E-state index is -4.58. The summed E-state index contributed by atoms with van der Waals surface area (Å²) in [6.07, 6.45) is -1.58. The van der Waals surface area contributed by atoms with Gasteiger partial charge in [0.1, 0.15) is 0 Å². The van der Waals surface area contributed by atoms with Crippen LogP contribution in [0.5, 0.6) is 0 Å². The maximum atomic E-state index is 13.0. The van der Waals surface area contributed by atoms with E-state index in [2.05, 4.69) is 15.5 Å². The zero-order valence-electron chi connectivity index (χ0n) is 12.7. The SMILES string of the molecule is CC(C)C(Cn1nccn1)NC(=O)c1ccccc1C(F)(F)F. The van der Waals surface area contributed by atoms with Crippen molar-refractivity contribution in [2.45, 2.75) is 32.6 Å². The number of aromatic nitrogens is 3. The first-order valence-electron chi connectivity index (χ1n) is 7.10. The Hall–Kier alpha value is -2.38. The first-order valence-corrected chi connectivity index (χ1v) is 7.10. The van der Waals surface area contributed by atoms with E-state index in [1.807, 2.05) is 13.8 Å². The predicted octanol–water partition coefficient (Wildman–Crippen LogP) is 2.75. The van der Waals surface area contributed by atoms with Gasteiger partial charge in [-0.2, -0.15) is 28.2 Å². The highest BCUT2D eigenvalue weighted by molar-refractivity contribution is 5.96. The van der Waals surface area contributed by atoms with E-state index in [1.165, 1.54) is 35.4 Å². The number of rotatable bonds is 5. The molecule has 0 aliphatic heterocycles. The fraction of sp³-hybridized carbons (Fsp3) is 0.400. The molecule has 124 valence electrons. The van der Waals surface area contributed by atoms with Crippen molar-refractivity contribution in [2.75, 3.05) is 0 Å². The van der Waals surface area contributed by atoms with Crippen LogP contribution in [0.3, 0.4) is 0 Å². The number of benzene rings is 1. The number of nitrogens with one attached hydrogen (secondary N) is 1. The number of carbonyl (C=O) groups is 1. The van der Waals surface area contributed by atoms with Crippen LogP contribution in [0.15, 0.2) is 36.7 Å². The van der Waals surface area contributed by atoms with E-state index < -0.39 is 23.7 Å². The highest BCUT2D eigenvalue weighted by atomic mass is 19.4. The van der Waals surface area contributed by atoms with Gasteiger partial charge in [0.15, 0.2) is 0 Å². The van der Waals surface area contributed by atoms with Crippen molar-refractivity contribution >= 4 is 5.91 Å². The first-order chi connectivity index (χ1) is 10.8. The van der Waals surface area contributed by atoms with Gasteiger partial charge < -0.3 is 5.32 Å². The summed E-state index contributed by atoms with van der Waals surface area (Å²) in [7, 11) is 0. The van der Waals surface area contributed by atoms with E-state index in [1.54, 1.807) is 0 Å². The topological polar surface area (TPSA) is 59.8 Å². The minimum absolute atomic E-state index is 0.00278. The molecule has 1 heterocycles. The molecule has 0 radical (unpaired) electrons. The highest BCUT2D eigenvalue weighted by Gasteiger charge is 2.35. The quantitative estimate of drug-likeness (QED) is 0.919. The van der Waals surface area contributed by atoms with E-state index in [9.17, 15) is 18.0 Å². The largest absolute Gasteiger partial charge is 0.417 e. The molecule has 5 nitrogen and oxygen atoms in total. The molecule has 1 atom stereocenters. The van der Waals surface area contributed by atoms with Crippen LogP contribution in [-0.2, 0) is 12.7 Å². The van der Waals surface area contributed by atoms with Crippen LogP contribution in [-0.4, -0.2) is 26.9 Å². The van der Waals surface area contributed by atoms with Crippen molar-refractivity contribution in [2.24, 2.45) is 5.92 Å². The van der Waals surface area contributed by atoms with Gasteiger partial charge in [-0.1, -0.05) is 26.0 Å². The lowest BCUT2D eigenvalue weighted by molar-refractivity contribution is -0.137. The lowest BCUT2D eigenvalue weighted by atomic mass is 10.0. The standard InChI is InChI=1S/C15H17F3N4O/c1-10(2)13(9-22-19-7-8-20-22)21-14(23)11-5-3-4-6-12(11)15(16,17)18/h3-8,10,13H,9H2,1-2H3,(H,21,23). The Morgan fingerprint density at radius 3 is 2.39 bits per heavy atom. The summed E-state index contributed by atoms with van der Waals surface area (Å²) in [5.74, 6) is -0.758. The molecule has 0 aliphatic carbocycles. The average molecular weight is 326 g/mol. The van der Waals surface area contributed by atoms with Gasteiger partial charge in [0.2, 0.25) is 0 Å². The number of hydrogen-bond acceptors (Lipinski definition) is 3. The van der Waals surface area contributed by atoms with Crippen molar-refractivity contribution < 1.29 is 18.0 Å². The van der Waals surface area contributed by atoms with Crippen LogP contribution in [0.4, 0.5) is 13.2 Å². The molecule has 2 rings (SSSR count). The Balaban J connectivity index is 2.19. The molecule has 0 spiro atoms. The summed E-state index contributed by atoms with van der Waals surface area (Å²) >= 11 is 0. The summed E-state index contributed by atoms with van der Waals surface area (Å²) < 4.78 is 39.0. The Morgan fingerprint density at radius 2 is 1.83 bits per heavy atom. The molecule has 0 aliphatic rings. The molecular formula is C15H17F3N4O. The summed E-state index contributed by atoms with van der Waals surface area (Å²) in [6, 6.07) is 4.34.